The summed E-state index contributed by atoms with van der Waals surface area (Å²) in [5.74, 6) is -2.54. The third kappa shape index (κ3) is 7.86. The Hall–Kier alpha value is -4.83. The Bertz CT molecular complexity index is 1380. The molecule has 1 heterocycles. The fourth-order valence-corrected chi connectivity index (χ4v) is 4.72. The number of carbonyl (C=O) groups is 5. The summed E-state index contributed by atoms with van der Waals surface area (Å²) in [5, 5.41) is 14.7. The predicted octanol–water partition coefficient (Wildman–Crippen LogP) is 2.32. The van der Waals surface area contributed by atoms with Crippen LogP contribution < -0.4 is 20.4 Å². The quantitative estimate of drug-likeness (QED) is 0.291. The van der Waals surface area contributed by atoms with E-state index in [0.29, 0.717) is 30.6 Å². The first-order valence-corrected chi connectivity index (χ1v) is 13.3. The molecule has 4 rings (SSSR count). The maximum absolute atomic E-state index is 13.9. The molecule has 0 radical (unpaired) electrons. The van der Waals surface area contributed by atoms with Crippen molar-refractivity contribution < 1.29 is 29.1 Å². The van der Waals surface area contributed by atoms with Crippen molar-refractivity contribution in [3.05, 3.63) is 96.1 Å². The highest BCUT2D eigenvalue weighted by Gasteiger charge is 2.36. The Labute approximate surface area is 238 Å². The first-order valence-electron chi connectivity index (χ1n) is 13.3. The Balaban J connectivity index is 1.62. The van der Waals surface area contributed by atoms with Gasteiger partial charge in [-0.2, -0.15) is 0 Å². The van der Waals surface area contributed by atoms with Gasteiger partial charge in [-0.1, -0.05) is 72.8 Å². The van der Waals surface area contributed by atoms with Crippen molar-refractivity contribution in [2.24, 2.45) is 0 Å². The lowest BCUT2D eigenvalue weighted by molar-refractivity contribution is -0.139. The lowest BCUT2D eigenvalue weighted by atomic mass is 10.1. The van der Waals surface area contributed by atoms with E-state index in [0.717, 1.165) is 11.1 Å². The number of amides is 3. The molecule has 3 aromatic rings. The molecule has 2 unspecified atom stereocenters. The molecule has 212 valence electrons. The molecule has 1 aliphatic rings. The molecule has 3 N–H and O–H groups in total. The molecule has 0 spiro atoms. The van der Waals surface area contributed by atoms with Crippen LogP contribution in [-0.4, -0.2) is 60.3 Å². The second-order valence-electron chi connectivity index (χ2n) is 9.73. The van der Waals surface area contributed by atoms with Gasteiger partial charge in [0.25, 0.3) is 0 Å². The van der Waals surface area contributed by atoms with Crippen molar-refractivity contribution in [3.8, 4) is 0 Å². The summed E-state index contributed by atoms with van der Waals surface area (Å²) in [7, 11) is 0. The van der Waals surface area contributed by atoms with Crippen LogP contribution >= 0.6 is 0 Å². The molecule has 2 atom stereocenters. The van der Waals surface area contributed by atoms with Crippen LogP contribution in [0.2, 0.25) is 0 Å². The second kappa shape index (κ2) is 14.0. The zero-order valence-electron chi connectivity index (χ0n) is 22.4. The maximum Gasteiger partial charge on any atom is 0.305 e. The summed E-state index contributed by atoms with van der Waals surface area (Å²) in [6.07, 6.45) is 0.512. The molecular formula is C31H32N4O6. The van der Waals surface area contributed by atoms with Gasteiger partial charge in [-0.3, -0.25) is 24.1 Å². The van der Waals surface area contributed by atoms with E-state index in [1.54, 1.807) is 29.2 Å². The number of carboxylic acid groups (broad SMARTS) is 1. The van der Waals surface area contributed by atoms with E-state index in [-0.39, 0.29) is 18.9 Å². The Kier molecular flexibility index (Phi) is 9.95. The van der Waals surface area contributed by atoms with Gasteiger partial charge in [-0.15, -0.1) is 0 Å². The smallest absolute Gasteiger partial charge is 0.305 e. The van der Waals surface area contributed by atoms with Crippen LogP contribution in [0.5, 0.6) is 0 Å². The monoisotopic (exact) mass is 556 g/mol. The fraction of sp³-hybridized carbons (Fsp3) is 0.258. The van der Waals surface area contributed by atoms with E-state index >= 15 is 0 Å². The number of benzene rings is 3. The highest BCUT2D eigenvalue weighted by molar-refractivity contribution is 6.09. The first kappa shape index (κ1) is 29.2. The van der Waals surface area contributed by atoms with E-state index in [1.165, 1.54) is 4.90 Å². The van der Waals surface area contributed by atoms with Gasteiger partial charge in [0.1, 0.15) is 18.9 Å². The number of anilines is 2. The zero-order valence-corrected chi connectivity index (χ0v) is 22.4. The van der Waals surface area contributed by atoms with Crippen LogP contribution in [-0.2, 0) is 36.9 Å². The minimum absolute atomic E-state index is 0.0460. The molecule has 10 nitrogen and oxygen atoms in total. The molecule has 3 amide bonds. The molecule has 1 aliphatic heterocycles. The highest BCUT2D eigenvalue weighted by atomic mass is 16.4. The second-order valence-corrected chi connectivity index (χ2v) is 9.73. The standard InChI is InChI=1S/C31H32N4O6/c36-21-24(17-30(39)40)33-28(37)20-35-27-14-8-7-13-26(27)34(29(38)16-15-22-9-3-1-4-10-22)19-25(31(35)41)32-18-23-11-5-2-6-12-23/h1-14,21,24-25,32H,15-20H2,(H,33,37)(H,39,40). The third-order valence-corrected chi connectivity index (χ3v) is 6.77. The van der Waals surface area contributed by atoms with Crippen molar-refractivity contribution in [2.75, 3.05) is 22.9 Å². The molecule has 0 saturated carbocycles. The summed E-state index contributed by atoms with van der Waals surface area (Å²) in [6, 6.07) is 23.9. The summed E-state index contributed by atoms with van der Waals surface area (Å²) in [4.78, 5) is 65.7. The fourth-order valence-electron chi connectivity index (χ4n) is 4.72. The number of carbonyl (C=O) groups excluding carboxylic acids is 4. The number of para-hydroxylation sites is 2. The number of nitrogens with zero attached hydrogens (tertiary/aromatic N) is 2. The number of nitrogens with one attached hydrogen (secondary N) is 2. The lowest BCUT2D eigenvalue weighted by Gasteiger charge is -2.25. The number of carboxylic acids is 1. The van der Waals surface area contributed by atoms with Gasteiger partial charge in [0.2, 0.25) is 17.7 Å². The molecule has 0 saturated heterocycles. The number of aliphatic carboxylic acids is 1. The highest BCUT2D eigenvalue weighted by Crippen LogP contribution is 2.33. The van der Waals surface area contributed by atoms with Gasteiger partial charge in [0.05, 0.1) is 30.4 Å². The number of rotatable bonds is 12. The summed E-state index contributed by atoms with van der Waals surface area (Å²) >= 11 is 0. The third-order valence-electron chi connectivity index (χ3n) is 6.77. The van der Waals surface area contributed by atoms with Gasteiger partial charge in [-0.25, -0.2) is 0 Å². The van der Waals surface area contributed by atoms with Crippen LogP contribution in [0.4, 0.5) is 11.4 Å². The number of hydrogen-bond donors (Lipinski definition) is 3. The van der Waals surface area contributed by atoms with Crippen molar-refractivity contribution in [2.45, 2.75) is 37.9 Å². The summed E-state index contributed by atoms with van der Waals surface area (Å²) < 4.78 is 0. The van der Waals surface area contributed by atoms with Crippen molar-refractivity contribution in [1.82, 2.24) is 10.6 Å². The molecule has 0 bridgehead atoms. The van der Waals surface area contributed by atoms with Gasteiger partial charge in [0, 0.05) is 13.0 Å². The van der Waals surface area contributed by atoms with E-state index < -0.39 is 42.8 Å². The zero-order chi connectivity index (χ0) is 29.2. The van der Waals surface area contributed by atoms with Gasteiger partial charge in [-0.05, 0) is 29.7 Å². The topological polar surface area (TPSA) is 136 Å². The first-order chi connectivity index (χ1) is 19.9. The van der Waals surface area contributed by atoms with Crippen LogP contribution in [0.1, 0.15) is 24.0 Å². The average molecular weight is 557 g/mol. The largest absolute Gasteiger partial charge is 0.481 e. The summed E-state index contributed by atoms with van der Waals surface area (Å²) in [6.45, 7) is -0.0642. The minimum Gasteiger partial charge on any atom is -0.481 e. The number of fused-ring (bicyclic) bond motifs is 1. The predicted molar refractivity (Wildman–Crippen MR) is 153 cm³/mol. The summed E-state index contributed by atoms with van der Waals surface area (Å²) in [5.41, 5.74) is 2.80. The maximum atomic E-state index is 13.9. The molecule has 3 aromatic carbocycles. The van der Waals surface area contributed by atoms with Crippen molar-refractivity contribution >= 4 is 41.4 Å². The lowest BCUT2D eigenvalue weighted by Crippen LogP contribution is -2.53. The Morgan fingerprint density at radius 1 is 0.902 bits per heavy atom. The number of hydrogen-bond acceptors (Lipinski definition) is 6. The van der Waals surface area contributed by atoms with E-state index in [2.05, 4.69) is 10.6 Å². The SMILES string of the molecule is O=CC(CC(=O)O)NC(=O)CN1C(=O)C(NCc2ccccc2)CN(C(=O)CCc2ccccc2)c2ccccc21. The molecule has 0 fully saturated rings. The van der Waals surface area contributed by atoms with E-state index in [1.807, 2.05) is 60.7 Å². The Morgan fingerprint density at radius 3 is 2.15 bits per heavy atom. The number of aryl methyl sites for hydroxylation is 1. The van der Waals surface area contributed by atoms with E-state index in [9.17, 15) is 24.0 Å². The van der Waals surface area contributed by atoms with E-state index in [4.69, 9.17) is 5.11 Å². The minimum atomic E-state index is -1.24. The van der Waals surface area contributed by atoms with Crippen LogP contribution in [0.3, 0.4) is 0 Å². The Morgan fingerprint density at radius 2 is 1.51 bits per heavy atom. The van der Waals surface area contributed by atoms with Gasteiger partial charge < -0.3 is 25.4 Å². The van der Waals surface area contributed by atoms with Gasteiger partial charge >= 0.3 is 5.97 Å². The molecule has 0 aromatic heterocycles. The van der Waals surface area contributed by atoms with Gasteiger partial charge in [0.15, 0.2) is 0 Å². The van der Waals surface area contributed by atoms with Crippen molar-refractivity contribution in [3.63, 3.8) is 0 Å². The molecular weight excluding hydrogens is 524 g/mol. The van der Waals surface area contributed by atoms with Crippen molar-refractivity contribution in [1.29, 1.82) is 0 Å². The van der Waals surface area contributed by atoms with Crippen LogP contribution in [0, 0.1) is 0 Å². The molecule has 41 heavy (non-hydrogen) atoms. The normalized spacial score (nSPS) is 15.4. The number of aldehydes is 1. The molecule has 0 aliphatic carbocycles. The average Bonchev–Trinajstić information content (AvgIpc) is 3.10. The van der Waals surface area contributed by atoms with Crippen LogP contribution in [0.15, 0.2) is 84.9 Å². The molecule has 10 heteroatoms. The van der Waals surface area contributed by atoms with Crippen LogP contribution in [0.25, 0.3) is 0 Å².